The number of hydrogen-bond donors (Lipinski definition) is 2. The second-order valence-corrected chi connectivity index (χ2v) is 3.51. The van der Waals surface area contributed by atoms with Crippen LogP contribution in [-0.4, -0.2) is 5.11 Å². The van der Waals surface area contributed by atoms with Crippen LogP contribution in [0.3, 0.4) is 0 Å². The van der Waals surface area contributed by atoms with Crippen molar-refractivity contribution in [3.05, 3.63) is 42.2 Å². The number of anilines is 1. The Bertz CT molecular complexity index is 338. The summed E-state index contributed by atoms with van der Waals surface area (Å²) in [5, 5.41) is 9.77. The van der Waals surface area contributed by atoms with E-state index in [1.54, 1.807) is 6.08 Å². The molecule has 0 aliphatic heterocycles. The summed E-state index contributed by atoms with van der Waals surface area (Å²) in [7, 11) is 0. The van der Waals surface area contributed by atoms with Crippen molar-refractivity contribution >= 4 is 5.69 Å². The maximum Gasteiger partial charge on any atom is 0.123 e. The van der Waals surface area contributed by atoms with Crippen LogP contribution in [0.15, 0.2) is 30.9 Å². The highest BCUT2D eigenvalue weighted by Gasteiger charge is 2.11. The van der Waals surface area contributed by atoms with Crippen molar-refractivity contribution in [2.24, 2.45) is 0 Å². The van der Waals surface area contributed by atoms with E-state index in [0.717, 1.165) is 12.8 Å². The molecule has 82 valence electrons. The topological polar surface area (TPSA) is 46.2 Å². The summed E-state index contributed by atoms with van der Waals surface area (Å²) in [4.78, 5) is 0. The highest BCUT2D eigenvalue weighted by atomic mass is 19.1. The molecule has 0 saturated carbocycles. The van der Waals surface area contributed by atoms with Crippen molar-refractivity contribution in [3.63, 3.8) is 0 Å². The zero-order valence-corrected chi connectivity index (χ0v) is 8.62. The Hall–Kier alpha value is -1.35. The minimum atomic E-state index is -0.694. The molecule has 0 fully saturated rings. The van der Waals surface area contributed by atoms with Crippen molar-refractivity contribution in [2.45, 2.75) is 25.4 Å². The van der Waals surface area contributed by atoms with Gasteiger partial charge in [-0.2, -0.15) is 0 Å². The van der Waals surface area contributed by atoms with Crippen molar-refractivity contribution in [1.82, 2.24) is 0 Å². The average molecular weight is 209 g/mol. The second kappa shape index (κ2) is 5.51. The molecule has 0 saturated heterocycles. The molecule has 15 heavy (non-hydrogen) atoms. The lowest BCUT2D eigenvalue weighted by molar-refractivity contribution is 0.165. The molecule has 3 heteroatoms. The van der Waals surface area contributed by atoms with Crippen LogP contribution in [0.2, 0.25) is 0 Å². The molecule has 0 radical (unpaired) electrons. The van der Waals surface area contributed by atoms with Crippen molar-refractivity contribution in [3.8, 4) is 0 Å². The van der Waals surface area contributed by atoms with Gasteiger partial charge in [0.2, 0.25) is 0 Å². The molecular weight excluding hydrogens is 193 g/mol. The molecule has 1 aromatic carbocycles. The van der Waals surface area contributed by atoms with Gasteiger partial charge in [0.15, 0.2) is 0 Å². The summed E-state index contributed by atoms with van der Waals surface area (Å²) >= 11 is 0. The molecule has 0 heterocycles. The largest absolute Gasteiger partial charge is 0.398 e. The van der Waals surface area contributed by atoms with E-state index in [9.17, 15) is 9.50 Å². The predicted molar refractivity (Wildman–Crippen MR) is 59.8 cm³/mol. The predicted octanol–water partition coefficient (Wildman–Crippen LogP) is 2.80. The van der Waals surface area contributed by atoms with Crippen LogP contribution >= 0.6 is 0 Å². The van der Waals surface area contributed by atoms with E-state index in [0.29, 0.717) is 17.7 Å². The van der Waals surface area contributed by atoms with Crippen LogP contribution in [0.1, 0.15) is 30.9 Å². The van der Waals surface area contributed by atoms with Crippen LogP contribution in [0.5, 0.6) is 0 Å². The Morgan fingerprint density at radius 3 is 2.93 bits per heavy atom. The zero-order valence-electron chi connectivity index (χ0n) is 8.62. The monoisotopic (exact) mass is 209 g/mol. The lowest BCUT2D eigenvalue weighted by Crippen LogP contribution is -2.02. The van der Waals surface area contributed by atoms with Crippen molar-refractivity contribution < 1.29 is 9.50 Å². The number of hydrogen-bond acceptors (Lipinski definition) is 2. The van der Waals surface area contributed by atoms with Crippen molar-refractivity contribution in [1.29, 1.82) is 0 Å². The first-order valence-corrected chi connectivity index (χ1v) is 4.99. The van der Waals surface area contributed by atoms with Gasteiger partial charge in [0.25, 0.3) is 0 Å². The molecule has 0 amide bonds. The first kappa shape index (κ1) is 11.7. The Morgan fingerprint density at radius 1 is 1.53 bits per heavy atom. The van der Waals surface area contributed by atoms with E-state index in [2.05, 4.69) is 6.58 Å². The first-order valence-electron chi connectivity index (χ1n) is 4.99. The minimum absolute atomic E-state index is 0.373. The molecule has 1 rings (SSSR count). The van der Waals surface area contributed by atoms with E-state index in [-0.39, 0.29) is 5.82 Å². The third kappa shape index (κ3) is 3.36. The van der Waals surface area contributed by atoms with Crippen LogP contribution < -0.4 is 5.73 Å². The van der Waals surface area contributed by atoms with Crippen molar-refractivity contribution in [2.75, 3.05) is 5.73 Å². The molecule has 1 unspecified atom stereocenters. The van der Waals surface area contributed by atoms with Gasteiger partial charge in [-0.15, -0.1) is 6.58 Å². The summed E-state index contributed by atoms with van der Waals surface area (Å²) < 4.78 is 12.9. The van der Waals surface area contributed by atoms with E-state index < -0.39 is 6.10 Å². The number of allylic oxidation sites excluding steroid dienone is 1. The second-order valence-electron chi connectivity index (χ2n) is 3.51. The van der Waals surface area contributed by atoms with E-state index >= 15 is 0 Å². The molecule has 0 bridgehead atoms. The summed E-state index contributed by atoms with van der Waals surface area (Å²) in [6.07, 6.45) is 3.33. The molecule has 0 spiro atoms. The minimum Gasteiger partial charge on any atom is -0.398 e. The number of nitrogen functional groups attached to an aromatic ring is 1. The molecule has 1 atom stereocenters. The lowest BCUT2D eigenvalue weighted by Gasteiger charge is -2.12. The Kier molecular flexibility index (Phi) is 4.31. The summed E-state index contributed by atoms with van der Waals surface area (Å²) in [5.41, 5.74) is 6.55. The fourth-order valence-electron chi connectivity index (χ4n) is 1.45. The van der Waals surface area contributed by atoms with Gasteiger partial charge in [-0.1, -0.05) is 6.08 Å². The number of nitrogens with two attached hydrogens (primary N) is 1. The number of benzene rings is 1. The number of aliphatic hydroxyl groups excluding tert-OH is 1. The smallest absolute Gasteiger partial charge is 0.123 e. The fourth-order valence-corrected chi connectivity index (χ4v) is 1.45. The van der Waals surface area contributed by atoms with E-state index in [1.807, 2.05) is 0 Å². The quantitative estimate of drug-likeness (QED) is 0.445. The molecule has 0 aliphatic rings. The van der Waals surface area contributed by atoms with Crippen LogP contribution in [0.4, 0.5) is 10.1 Å². The Labute approximate surface area is 89.2 Å². The van der Waals surface area contributed by atoms with Gasteiger partial charge in [-0.05, 0) is 37.5 Å². The maximum absolute atomic E-state index is 12.9. The van der Waals surface area contributed by atoms with Gasteiger partial charge in [-0.25, -0.2) is 4.39 Å². The van der Waals surface area contributed by atoms with Crippen LogP contribution in [-0.2, 0) is 0 Å². The van der Waals surface area contributed by atoms with Gasteiger partial charge >= 0.3 is 0 Å². The summed E-state index contributed by atoms with van der Waals surface area (Å²) in [5.74, 6) is -0.373. The molecule has 0 aromatic heterocycles. The number of unbranched alkanes of at least 4 members (excludes halogenated alkanes) is 1. The third-order valence-corrected chi connectivity index (χ3v) is 2.29. The Balaban J connectivity index is 2.67. The zero-order chi connectivity index (χ0) is 11.3. The number of halogens is 1. The summed E-state index contributed by atoms with van der Waals surface area (Å²) in [6, 6.07) is 4.05. The van der Waals surface area contributed by atoms with Gasteiger partial charge in [0, 0.05) is 11.3 Å². The Morgan fingerprint density at radius 2 is 2.27 bits per heavy atom. The van der Waals surface area contributed by atoms with E-state index in [1.165, 1.54) is 18.2 Å². The van der Waals surface area contributed by atoms with E-state index in [4.69, 9.17) is 5.73 Å². The van der Waals surface area contributed by atoms with Gasteiger partial charge in [0.1, 0.15) is 5.82 Å². The standard InChI is InChI=1S/C12H16FNO/c1-2-3-4-5-12(15)10-8-9(13)6-7-11(10)14/h2,6-8,12,15H,1,3-5,14H2. The molecule has 3 N–H and O–H groups in total. The summed E-state index contributed by atoms with van der Waals surface area (Å²) in [6.45, 7) is 3.60. The van der Waals surface area contributed by atoms with Gasteiger partial charge < -0.3 is 10.8 Å². The van der Waals surface area contributed by atoms with Crippen LogP contribution in [0, 0.1) is 5.82 Å². The fraction of sp³-hybridized carbons (Fsp3) is 0.333. The SMILES string of the molecule is C=CCCCC(O)c1cc(F)ccc1N. The number of rotatable bonds is 5. The van der Waals surface area contributed by atoms with Gasteiger partial charge in [0.05, 0.1) is 6.10 Å². The number of aliphatic hydroxyl groups is 1. The first-order chi connectivity index (χ1) is 7.15. The molecular formula is C12H16FNO. The highest BCUT2D eigenvalue weighted by molar-refractivity contribution is 5.47. The average Bonchev–Trinajstić information content (AvgIpc) is 2.22. The maximum atomic E-state index is 12.9. The molecule has 1 aromatic rings. The highest BCUT2D eigenvalue weighted by Crippen LogP contribution is 2.25. The third-order valence-electron chi connectivity index (χ3n) is 2.29. The normalized spacial score (nSPS) is 12.4. The lowest BCUT2D eigenvalue weighted by atomic mass is 10.0. The van der Waals surface area contributed by atoms with Crippen LogP contribution in [0.25, 0.3) is 0 Å². The van der Waals surface area contributed by atoms with Gasteiger partial charge in [-0.3, -0.25) is 0 Å². The molecule has 2 nitrogen and oxygen atoms in total. The molecule has 0 aliphatic carbocycles.